The van der Waals surface area contributed by atoms with E-state index < -0.39 is 12.1 Å². The van der Waals surface area contributed by atoms with Crippen molar-refractivity contribution < 1.29 is 13.2 Å². The maximum atomic E-state index is 13.9. The minimum Gasteiger partial charge on any atom is -0.170 e. The molecule has 0 radical (unpaired) electrons. The quantitative estimate of drug-likeness (QED) is 0.615. The molecule has 0 aliphatic rings. The third-order valence-electron chi connectivity index (χ3n) is 4.71. The second kappa shape index (κ2) is 6.03. The van der Waals surface area contributed by atoms with E-state index in [9.17, 15) is 13.2 Å². The predicted octanol–water partition coefficient (Wildman–Crippen LogP) is 6.23. The SMILES string of the molecule is Cc1cc(C)c(C(c2cc(C)c(C)cc2C)C(F)(F)F)cc1C. The monoisotopic (exact) mass is 320 g/mol. The molecule has 0 unspecified atom stereocenters. The maximum Gasteiger partial charge on any atom is 0.399 e. The molecule has 0 nitrogen and oxygen atoms in total. The zero-order valence-corrected chi connectivity index (χ0v) is 14.5. The molecular formula is C20H23F3. The molecule has 0 aromatic heterocycles. The van der Waals surface area contributed by atoms with Gasteiger partial charge >= 0.3 is 6.18 Å². The largest absolute Gasteiger partial charge is 0.399 e. The molecule has 0 heterocycles. The van der Waals surface area contributed by atoms with Crippen LogP contribution in [-0.4, -0.2) is 6.18 Å². The van der Waals surface area contributed by atoms with Gasteiger partial charge in [0.25, 0.3) is 0 Å². The van der Waals surface area contributed by atoms with Gasteiger partial charge in [-0.15, -0.1) is 0 Å². The van der Waals surface area contributed by atoms with E-state index in [4.69, 9.17) is 0 Å². The Morgan fingerprint density at radius 3 is 1.17 bits per heavy atom. The second-order valence-corrected chi connectivity index (χ2v) is 6.56. The van der Waals surface area contributed by atoms with Gasteiger partial charge in [-0.3, -0.25) is 0 Å². The number of rotatable bonds is 2. The summed E-state index contributed by atoms with van der Waals surface area (Å²) >= 11 is 0. The molecule has 0 fully saturated rings. The summed E-state index contributed by atoms with van der Waals surface area (Å²) in [7, 11) is 0. The fraction of sp³-hybridized carbons (Fsp3) is 0.400. The van der Waals surface area contributed by atoms with Gasteiger partial charge in [-0.25, -0.2) is 0 Å². The molecule has 0 N–H and O–H groups in total. The van der Waals surface area contributed by atoms with Crippen LogP contribution in [0.3, 0.4) is 0 Å². The van der Waals surface area contributed by atoms with Gasteiger partial charge in [-0.1, -0.05) is 24.3 Å². The van der Waals surface area contributed by atoms with E-state index in [0.29, 0.717) is 22.3 Å². The summed E-state index contributed by atoms with van der Waals surface area (Å²) in [6.45, 7) is 11.1. The lowest BCUT2D eigenvalue weighted by Gasteiger charge is -2.26. The van der Waals surface area contributed by atoms with E-state index in [-0.39, 0.29) is 0 Å². The van der Waals surface area contributed by atoms with Crippen LogP contribution in [0.5, 0.6) is 0 Å². The molecule has 23 heavy (non-hydrogen) atoms. The van der Waals surface area contributed by atoms with Gasteiger partial charge in [0.2, 0.25) is 0 Å². The number of aryl methyl sites for hydroxylation is 6. The summed E-state index contributed by atoms with van der Waals surface area (Å²) < 4.78 is 41.7. The van der Waals surface area contributed by atoms with Gasteiger partial charge in [0, 0.05) is 0 Å². The Balaban J connectivity index is 2.74. The van der Waals surface area contributed by atoms with E-state index in [0.717, 1.165) is 22.3 Å². The first-order chi connectivity index (χ1) is 10.5. The summed E-state index contributed by atoms with van der Waals surface area (Å²) in [6.07, 6.45) is -4.32. The van der Waals surface area contributed by atoms with E-state index in [1.54, 1.807) is 26.0 Å². The summed E-state index contributed by atoms with van der Waals surface area (Å²) in [4.78, 5) is 0. The first kappa shape index (κ1) is 17.6. The van der Waals surface area contributed by atoms with Crippen LogP contribution in [0.25, 0.3) is 0 Å². The predicted molar refractivity (Wildman–Crippen MR) is 89.2 cm³/mol. The second-order valence-electron chi connectivity index (χ2n) is 6.56. The fourth-order valence-corrected chi connectivity index (χ4v) is 3.11. The van der Waals surface area contributed by atoms with Crippen LogP contribution in [0.15, 0.2) is 24.3 Å². The third-order valence-corrected chi connectivity index (χ3v) is 4.71. The molecule has 3 heteroatoms. The average molecular weight is 320 g/mol. The van der Waals surface area contributed by atoms with Crippen molar-refractivity contribution in [1.29, 1.82) is 0 Å². The van der Waals surface area contributed by atoms with E-state index in [2.05, 4.69) is 0 Å². The lowest BCUT2D eigenvalue weighted by atomic mass is 9.83. The highest BCUT2D eigenvalue weighted by molar-refractivity contribution is 5.48. The first-order valence-electron chi connectivity index (χ1n) is 7.74. The minimum atomic E-state index is -4.32. The van der Waals surface area contributed by atoms with Gasteiger partial charge < -0.3 is 0 Å². The lowest BCUT2D eigenvalue weighted by molar-refractivity contribution is -0.141. The number of benzene rings is 2. The van der Waals surface area contributed by atoms with Crippen molar-refractivity contribution in [3.63, 3.8) is 0 Å². The van der Waals surface area contributed by atoms with Crippen molar-refractivity contribution in [3.05, 3.63) is 68.8 Å². The Morgan fingerprint density at radius 1 is 0.565 bits per heavy atom. The molecule has 0 saturated heterocycles. The Labute approximate surface area is 136 Å². The van der Waals surface area contributed by atoms with Gasteiger partial charge in [-0.05, 0) is 86.1 Å². The highest BCUT2D eigenvalue weighted by atomic mass is 19.4. The zero-order valence-electron chi connectivity index (χ0n) is 14.5. The first-order valence-corrected chi connectivity index (χ1v) is 7.74. The smallest absolute Gasteiger partial charge is 0.170 e. The van der Waals surface area contributed by atoms with Crippen LogP contribution in [0.4, 0.5) is 13.2 Å². The van der Waals surface area contributed by atoms with Crippen LogP contribution in [0.1, 0.15) is 50.4 Å². The Morgan fingerprint density at radius 2 is 0.870 bits per heavy atom. The summed E-state index contributed by atoms with van der Waals surface area (Å²) in [5.41, 5.74) is 5.90. The standard InChI is InChI=1S/C20H23F3/c1-11-7-15(5)17(9-13(11)3)19(20(21,22)23)18-10-14(4)12(2)8-16(18)6/h7-10,19H,1-6H3. The molecule has 2 aromatic rings. The van der Waals surface area contributed by atoms with Crippen molar-refractivity contribution in [2.45, 2.75) is 53.6 Å². The van der Waals surface area contributed by atoms with Gasteiger partial charge in [0.05, 0.1) is 0 Å². The molecule has 124 valence electrons. The summed E-state index contributed by atoms with van der Waals surface area (Å²) in [5, 5.41) is 0. The molecule has 0 aliphatic carbocycles. The van der Waals surface area contributed by atoms with Crippen molar-refractivity contribution in [2.75, 3.05) is 0 Å². The highest BCUT2D eigenvalue weighted by Crippen LogP contribution is 2.43. The fourth-order valence-electron chi connectivity index (χ4n) is 3.11. The Kier molecular flexibility index (Phi) is 4.61. The van der Waals surface area contributed by atoms with Crippen molar-refractivity contribution in [2.24, 2.45) is 0 Å². The van der Waals surface area contributed by atoms with Crippen molar-refractivity contribution in [3.8, 4) is 0 Å². The molecule has 0 spiro atoms. The summed E-state index contributed by atoms with van der Waals surface area (Å²) in [6, 6.07) is 7.08. The van der Waals surface area contributed by atoms with Gasteiger partial charge in [0.1, 0.15) is 5.92 Å². The molecule has 2 aromatic carbocycles. The molecular weight excluding hydrogens is 297 g/mol. The molecule has 0 atom stereocenters. The topological polar surface area (TPSA) is 0 Å². The Bertz CT molecular complexity index is 682. The summed E-state index contributed by atoms with van der Waals surface area (Å²) in [5.74, 6) is -1.58. The van der Waals surface area contributed by atoms with Crippen molar-refractivity contribution >= 4 is 0 Å². The normalized spacial score (nSPS) is 12.1. The maximum absolute atomic E-state index is 13.9. The number of hydrogen-bond donors (Lipinski definition) is 0. The molecule has 0 aliphatic heterocycles. The zero-order chi connectivity index (χ0) is 17.5. The third kappa shape index (κ3) is 3.44. The lowest BCUT2D eigenvalue weighted by Crippen LogP contribution is -2.24. The van der Waals surface area contributed by atoms with Crippen LogP contribution in [-0.2, 0) is 0 Å². The minimum absolute atomic E-state index is 0.354. The van der Waals surface area contributed by atoms with Gasteiger partial charge in [0.15, 0.2) is 0 Å². The van der Waals surface area contributed by atoms with Crippen LogP contribution >= 0.6 is 0 Å². The van der Waals surface area contributed by atoms with Crippen molar-refractivity contribution in [1.82, 2.24) is 0 Å². The molecule has 0 bridgehead atoms. The number of hydrogen-bond acceptors (Lipinski definition) is 0. The number of alkyl halides is 3. The molecule has 0 amide bonds. The van der Waals surface area contributed by atoms with E-state index in [1.165, 1.54) is 0 Å². The Hall–Kier alpha value is -1.77. The van der Waals surface area contributed by atoms with E-state index >= 15 is 0 Å². The molecule has 2 rings (SSSR count). The average Bonchev–Trinajstić information content (AvgIpc) is 2.40. The highest BCUT2D eigenvalue weighted by Gasteiger charge is 2.43. The van der Waals surface area contributed by atoms with Gasteiger partial charge in [-0.2, -0.15) is 13.2 Å². The van der Waals surface area contributed by atoms with Crippen LogP contribution in [0, 0.1) is 41.5 Å². The van der Waals surface area contributed by atoms with E-state index in [1.807, 2.05) is 39.8 Å². The van der Waals surface area contributed by atoms with Crippen LogP contribution < -0.4 is 0 Å². The van der Waals surface area contributed by atoms with Crippen LogP contribution in [0.2, 0.25) is 0 Å². The molecule has 0 saturated carbocycles. The number of halogens is 3.